The summed E-state index contributed by atoms with van der Waals surface area (Å²) in [6, 6.07) is 9.18. The van der Waals surface area contributed by atoms with E-state index in [2.05, 4.69) is 36.5 Å². The Kier molecular flexibility index (Phi) is 5.53. The summed E-state index contributed by atoms with van der Waals surface area (Å²) in [5, 5.41) is 3.63. The Labute approximate surface area is 111 Å². The van der Waals surface area contributed by atoms with Crippen molar-refractivity contribution in [2.75, 3.05) is 13.2 Å². The molecule has 0 amide bonds. The Bertz CT molecular complexity index is 325. The van der Waals surface area contributed by atoms with Crippen LogP contribution in [0.5, 0.6) is 5.75 Å². The van der Waals surface area contributed by atoms with Crippen molar-refractivity contribution in [3.8, 4) is 5.75 Å². The average Bonchev–Trinajstić information content (AvgIpc) is 2.69. The molecule has 1 aliphatic rings. The summed E-state index contributed by atoms with van der Waals surface area (Å²) in [6.07, 6.45) is 7.59. The molecular formula is C16H25NO. The predicted octanol–water partition coefficient (Wildman–Crippen LogP) is 4.07. The van der Waals surface area contributed by atoms with Crippen molar-refractivity contribution in [1.82, 2.24) is 5.32 Å². The van der Waals surface area contributed by atoms with E-state index in [-0.39, 0.29) is 0 Å². The van der Waals surface area contributed by atoms with Crippen LogP contribution in [0.15, 0.2) is 24.3 Å². The molecule has 2 heteroatoms. The molecule has 1 aromatic carbocycles. The van der Waals surface area contributed by atoms with Crippen LogP contribution in [0.2, 0.25) is 0 Å². The third-order valence-electron chi connectivity index (χ3n) is 3.61. The number of hydrogen-bond donors (Lipinski definition) is 1. The van der Waals surface area contributed by atoms with Crippen LogP contribution in [0.4, 0.5) is 0 Å². The second-order valence-electron chi connectivity index (χ2n) is 5.13. The number of nitrogens with one attached hydrogen (secondary N) is 1. The highest BCUT2D eigenvalue weighted by atomic mass is 16.5. The van der Waals surface area contributed by atoms with E-state index in [4.69, 9.17) is 4.74 Å². The molecule has 0 saturated carbocycles. The minimum absolute atomic E-state index is 0.539. The molecule has 1 fully saturated rings. The van der Waals surface area contributed by atoms with Gasteiger partial charge in [0.15, 0.2) is 0 Å². The van der Waals surface area contributed by atoms with Gasteiger partial charge < -0.3 is 10.1 Å². The summed E-state index contributed by atoms with van der Waals surface area (Å²) in [5.41, 5.74) is 1.40. The standard InChI is InChI=1S/C16H25NO/c1-2-3-13-18-15-10-8-14(9-11-15)16-7-5-4-6-12-17-16/h8-11,16-17H,2-7,12-13H2,1H3. The maximum Gasteiger partial charge on any atom is 0.119 e. The Hall–Kier alpha value is -1.02. The summed E-state index contributed by atoms with van der Waals surface area (Å²) in [5.74, 6) is 1.00. The number of rotatable bonds is 5. The van der Waals surface area contributed by atoms with Gasteiger partial charge in [0.1, 0.15) is 5.75 Å². The number of ether oxygens (including phenoxy) is 1. The molecular weight excluding hydrogens is 222 g/mol. The van der Waals surface area contributed by atoms with Crippen molar-refractivity contribution in [2.45, 2.75) is 51.5 Å². The predicted molar refractivity (Wildman–Crippen MR) is 76.1 cm³/mol. The molecule has 0 aromatic heterocycles. The lowest BCUT2D eigenvalue weighted by Gasteiger charge is -2.16. The van der Waals surface area contributed by atoms with Crippen LogP contribution in [0, 0.1) is 0 Å². The van der Waals surface area contributed by atoms with E-state index in [0.717, 1.165) is 25.3 Å². The van der Waals surface area contributed by atoms with Crippen LogP contribution >= 0.6 is 0 Å². The number of benzene rings is 1. The highest BCUT2D eigenvalue weighted by Crippen LogP contribution is 2.24. The monoisotopic (exact) mass is 247 g/mol. The lowest BCUT2D eigenvalue weighted by Crippen LogP contribution is -2.20. The summed E-state index contributed by atoms with van der Waals surface area (Å²) in [7, 11) is 0. The third kappa shape index (κ3) is 4.02. The Morgan fingerprint density at radius 2 is 2.00 bits per heavy atom. The maximum atomic E-state index is 5.69. The van der Waals surface area contributed by atoms with Crippen molar-refractivity contribution in [3.63, 3.8) is 0 Å². The zero-order valence-corrected chi connectivity index (χ0v) is 11.5. The third-order valence-corrected chi connectivity index (χ3v) is 3.61. The fourth-order valence-electron chi connectivity index (χ4n) is 2.44. The van der Waals surface area contributed by atoms with E-state index in [1.54, 1.807) is 0 Å². The van der Waals surface area contributed by atoms with Gasteiger partial charge in [-0.15, -0.1) is 0 Å². The van der Waals surface area contributed by atoms with Gasteiger partial charge >= 0.3 is 0 Å². The van der Waals surface area contributed by atoms with Gasteiger partial charge in [-0.1, -0.05) is 38.3 Å². The second kappa shape index (κ2) is 7.42. The SMILES string of the molecule is CCCCOc1ccc(C2CCCCCN2)cc1. The van der Waals surface area contributed by atoms with Gasteiger partial charge in [-0.2, -0.15) is 0 Å². The maximum absolute atomic E-state index is 5.69. The average molecular weight is 247 g/mol. The van der Waals surface area contributed by atoms with Crippen molar-refractivity contribution in [2.24, 2.45) is 0 Å². The first kappa shape index (κ1) is 13.4. The van der Waals surface area contributed by atoms with Crippen LogP contribution in [0.3, 0.4) is 0 Å². The molecule has 100 valence electrons. The summed E-state index contributed by atoms with van der Waals surface area (Å²) >= 11 is 0. The smallest absolute Gasteiger partial charge is 0.119 e. The molecule has 18 heavy (non-hydrogen) atoms. The number of unbranched alkanes of at least 4 members (excludes halogenated alkanes) is 1. The molecule has 0 aliphatic carbocycles. The van der Waals surface area contributed by atoms with Crippen LogP contribution < -0.4 is 10.1 Å². The van der Waals surface area contributed by atoms with Gasteiger partial charge in [-0.3, -0.25) is 0 Å². The fourth-order valence-corrected chi connectivity index (χ4v) is 2.44. The van der Waals surface area contributed by atoms with Crippen molar-refractivity contribution < 1.29 is 4.74 Å². The fraction of sp³-hybridized carbons (Fsp3) is 0.625. The van der Waals surface area contributed by atoms with Crippen LogP contribution in [0.25, 0.3) is 0 Å². The van der Waals surface area contributed by atoms with Gasteiger partial charge in [0.2, 0.25) is 0 Å². The van der Waals surface area contributed by atoms with E-state index in [1.165, 1.54) is 37.7 Å². The topological polar surface area (TPSA) is 21.3 Å². The molecule has 1 atom stereocenters. The molecule has 0 spiro atoms. The lowest BCUT2D eigenvalue weighted by atomic mass is 10.0. The molecule has 0 radical (unpaired) electrons. The minimum atomic E-state index is 0.539. The molecule has 1 N–H and O–H groups in total. The van der Waals surface area contributed by atoms with E-state index in [1.807, 2.05) is 0 Å². The van der Waals surface area contributed by atoms with E-state index < -0.39 is 0 Å². The van der Waals surface area contributed by atoms with Gasteiger partial charge in [0, 0.05) is 6.04 Å². The molecule has 1 unspecified atom stereocenters. The first-order chi connectivity index (χ1) is 8.90. The van der Waals surface area contributed by atoms with Gasteiger partial charge in [0.25, 0.3) is 0 Å². The molecule has 1 aromatic rings. The zero-order chi connectivity index (χ0) is 12.6. The van der Waals surface area contributed by atoms with E-state index in [0.29, 0.717) is 6.04 Å². The normalized spacial score (nSPS) is 20.4. The molecule has 2 rings (SSSR count). The van der Waals surface area contributed by atoms with Crippen molar-refractivity contribution in [3.05, 3.63) is 29.8 Å². The van der Waals surface area contributed by atoms with Crippen LogP contribution in [-0.2, 0) is 0 Å². The van der Waals surface area contributed by atoms with Crippen molar-refractivity contribution >= 4 is 0 Å². The Morgan fingerprint density at radius 1 is 1.17 bits per heavy atom. The van der Waals surface area contributed by atoms with E-state index >= 15 is 0 Å². The zero-order valence-electron chi connectivity index (χ0n) is 11.5. The van der Waals surface area contributed by atoms with Gasteiger partial charge in [-0.25, -0.2) is 0 Å². The van der Waals surface area contributed by atoms with Gasteiger partial charge in [-0.05, 0) is 43.5 Å². The molecule has 2 nitrogen and oxygen atoms in total. The first-order valence-electron chi connectivity index (χ1n) is 7.36. The van der Waals surface area contributed by atoms with Crippen LogP contribution in [0.1, 0.15) is 57.1 Å². The highest BCUT2D eigenvalue weighted by molar-refractivity contribution is 5.29. The highest BCUT2D eigenvalue weighted by Gasteiger charge is 2.13. The lowest BCUT2D eigenvalue weighted by molar-refractivity contribution is 0.309. The van der Waals surface area contributed by atoms with Gasteiger partial charge in [0.05, 0.1) is 6.61 Å². The summed E-state index contributed by atoms with van der Waals surface area (Å²) < 4.78 is 5.69. The first-order valence-corrected chi connectivity index (χ1v) is 7.36. The Morgan fingerprint density at radius 3 is 2.78 bits per heavy atom. The molecule has 0 bridgehead atoms. The Balaban J connectivity index is 1.89. The quantitative estimate of drug-likeness (QED) is 0.792. The summed E-state index contributed by atoms with van der Waals surface area (Å²) in [4.78, 5) is 0. The molecule has 1 heterocycles. The number of hydrogen-bond acceptors (Lipinski definition) is 2. The second-order valence-corrected chi connectivity index (χ2v) is 5.13. The largest absolute Gasteiger partial charge is 0.494 e. The molecule has 1 saturated heterocycles. The summed E-state index contributed by atoms with van der Waals surface area (Å²) in [6.45, 7) is 4.17. The van der Waals surface area contributed by atoms with Crippen molar-refractivity contribution in [1.29, 1.82) is 0 Å². The van der Waals surface area contributed by atoms with Crippen LogP contribution in [-0.4, -0.2) is 13.2 Å². The molecule has 1 aliphatic heterocycles. The van der Waals surface area contributed by atoms with E-state index in [9.17, 15) is 0 Å². The minimum Gasteiger partial charge on any atom is -0.494 e.